The second-order valence-electron chi connectivity index (χ2n) is 10.6. The van der Waals surface area contributed by atoms with Gasteiger partial charge in [0.05, 0.1) is 12.7 Å². The zero-order valence-corrected chi connectivity index (χ0v) is 19.0. The fraction of sp³-hybridized carbons (Fsp3) is 0.720. The van der Waals surface area contributed by atoms with Crippen molar-refractivity contribution in [3.8, 4) is 0 Å². The number of hydrogen-bond acceptors (Lipinski definition) is 6. The van der Waals surface area contributed by atoms with Gasteiger partial charge in [-0.05, 0) is 53.7 Å². The van der Waals surface area contributed by atoms with Crippen LogP contribution in [0.4, 0.5) is 0 Å². The highest BCUT2D eigenvalue weighted by Crippen LogP contribution is 2.62. The first kappa shape index (κ1) is 22.9. The highest BCUT2D eigenvalue weighted by molar-refractivity contribution is 5.74. The summed E-state index contributed by atoms with van der Waals surface area (Å²) in [6.45, 7) is 8.93. The largest absolute Gasteiger partial charge is 0.388 e. The number of hydrogen-bond donors (Lipinski definition) is 3. The topological polar surface area (TPSA) is 96.2 Å². The van der Waals surface area contributed by atoms with Crippen LogP contribution in [0.25, 0.3) is 0 Å². The Kier molecular flexibility index (Phi) is 6.07. The zero-order chi connectivity index (χ0) is 22.6. The van der Waals surface area contributed by atoms with E-state index < -0.39 is 30.7 Å². The van der Waals surface area contributed by atoms with Crippen molar-refractivity contribution in [1.82, 2.24) is 0 Å². The summed E-state index contributed by atoms with van der Waals surface area (Å²) >= 11 is 0. The predicted molar refractivity (Wildman–Crippen MR) is 116 cm³/mol. The average Bonchev–Trinajstić information content (AvgIpc) is 3.02. The van der Waals surface area contributed by atoms with Gasteiger partial charge in [-0.1, -0.05) is 45.4 Å². The Morgan fingerprint density at radius 3 is 2.55 bits per heavy atom. The van der Waals surface area contributed by atoms with Crippen LogP contribution >= 0.6 is 0 Å². The van der Waals surface area contributed by atoms with Gasteiger partial charge in [0.2, 0.25) is 0 Å². The third-order valence-electron chi connectivity index (χ3n) is 8.15. The van der Waals surface area contributed by atoms with Crippen LogP contribution in [-0.2, 0) is 14.3 Å². The van der Waals surface area contributed by atoms with E-state index in [1.54, 1.807) is 0 Å². The van der Waals surface area contributed by atoms with E-state index in [4.69, 9.17) is 9.47 Å². The van der Waals surface area contributed by atoms with E-state index in [0.29, 0.717) is 17.9 Å². The van der Waals surface area contributed by atoms with Gasteiger partial charge in [-0.3, -0.25) is 4.79 Å². The van der Waals surface area contributed by atoms with E-state index in [9.17, 15) is 20.1 Å². The van der Waals surface area contributed by atoms with Crippen molar-refractivity contribution in [2.24, 2.45) is 16.7 Å². The Morgan fingerprint density at radius 2 is 1.87 bits per heavy atom. The normalized spacial score (nSPS) is 43.2. The molecule has 0 amide bonds. The summed E-state index contributed by atoms with van der Waals surface area (Å²) in [4.78, 5) is 11.8. The number of aldehydes is 1. The second-order valence-corrected chi connectivity index (χ2v) is 10.6. The molecule has 4 rings (SSSR count). The molecule has 172 valence electrons. The van der Waals surface area contributed by atoms with E-state index in [0.717, 1.165) is 32.0 Å². The lowest BCUT2D eigenvalue weighted by molar-refractivity contribution is -0.291. The van der Waals surface area contributed by atoms with E-state index in [2.05, 4.69) is 33.8 Å². The van der Waals surface area contributed by atoms with Gasteiger partial charge in [0.25, 0.3) is 0 Å². The number of aliphatic hydroxyl groups is 3. The third kappa shape index (κ3) is 3.76. The SMILES string of the molecule is CC(C)C1=C2C3=CC=C(C=O)C[C@H](O[C@@H]4OC[C@@H](O)[C@@H](O)[C@@H]4O)[C@]3(C)CC[C@@]2(C)CC1. The molecule has 3 N–H and O–H groups in total. The number of carbonyl (C=O) groups is 1. The molecule has 7 atom stereocenters. The number of ether oxygens (including phenoxy) is 2. The van der Waals surface area contributed by atoms with Gasteiger partial charge in [-0.15, -0.1) is 0 Å². The van der Waals surface area contributed by atoms with Gasteiger partial charge in [-0.2, -0.15) is 0 Å². The number of aliphatic hydroxyl groups excluding tert-OH is 3. The summed E-state index contributed by atoms with van der Waals surface area (Å²) in [5, 5.41) is 30.3. The third-order valence-corrected chi connectivity index (χ3v) is 8.15. The minimum absolute atomic E-state index is 0.105. The molecular formula is C25H36O6. The molecule has 0 radical (unpaired) electrons. The molecule has 6 nitrogen and oxygen atoms in total. The van der Waals surface area contributed by atoms with Crippen LogP contribution in [0.1, 0.15) is 59.8 Å². The highest BCUT2D eigenvalue weighted by atomic mass is 16.7. The van der Waals surface area contributed by atoms with E-state index in [1.807, 2.05) is 6.08 Å². The molecule has 1 heterocycles. The van der Waals surface area contributed by atoms with Gasteiger partial charge in [0.1, 0.15) is 24.6 Å². The maximum Gasteiger partial charge on any atom is 0.186 e. The first-order valence-electron chi connectivity index (χ1n) is 11.5. The molecule has 6 heteroatoms. The van der Waals surface area contributed by atoms with E-state index in [-0.39, 0.29) is 17.4 Å². The van der Waals surface area contributed by atoms with Crippen LogP contribution in [0.15, 0.2) is 34.4 Å². The summed E-state index contributed by atoms with van der Waals surface area (Å²) in [7, 11) is 0. The van der Waals surface area contributed by atoms with Gasteiger partial charge in [0, 0.05) is 11.8 Å². The molecule has 4 aliphatic rings. The standard InChI is InChI=1S/C25H36O6/c1-14(2)16-7-8-24(3)9-10-25(4)17(20(16)24)6-5-15(12-26)11-19(25)31-23-22(29)21(28)18(27)13-30-23/h5-6,12,14,18-19,21-23,27-29H,7-11,13H2,1-4H3/t18-,19+,21-,22+,23+,24-,25-/m1/s1. The number of carbonyl (C=O) groups excluding carboxylic acids is 1. The number of allylic oxidation sites excluding steroid dienone is 4. The Bertz CT molecular complexity index is 826. The quantitative estimate of drug-likeness (QED) is 0.591. The summed E-state index contributed by atoms with van der Waals surface area (Å²) < 4.78 is 11.9. The first-order chi connectivity index (χ1) is 14.6. The van der Waals surface area contributed by atoms with Crippen LogP contribution in [-0.4, -0.2) is 58.9 Å². The maximum atomic E-state index is 11.8. The molecule has 0 bridgehead atoms. The molecule has 1 saturated carbocycles. The van der Waals surface area contributed by atoms with Gasteiger partial charge in [0.15, 0.2) is 6.29 Å². The Labute approximate surface area is 184 Å². The number of fused-ring (bicyclic) bond motifs is 3. The molecule has 2 fully saturated rings. The van der Waals surface area contributed by atoms with Crippen molar-refractivity contribution in [3.05, 3.63) is 34.4 Å². The highest BCUT2D eigenvalue weighted by Gasteiger charge is 2.53. The lowest BCUT2D eigenvalue weighted by Crippen LogP contribution is -2.56. The van der Waals surface area contributed by atoms with Gasteiger partial charge in [-0.25, -0.2) is 0 Å². The lowest BCUT2D eigenvalue weighted by Gasteiger charge is -2.50. The molecule has 1 aliphatic heterocycles. The zero-order valence-electron chi connectivity index (χ0n) is 19.0. The molecule has 31 heavy (non-hydrogen) atoms. The molecular weight excluding hydrogens is 396 g/mol. The van der Waals surface area contributed by atoms with Crippen molar-refractivity contribution in [2.45, 2.75) is 90.5 Å². The van der Waals surface area contributed by atoms with Crippen LogP contribution in [0.3, 0.4) is 0 Å². The van der Waals surface area contributed by atoms with Crippen molar-refractivity contribution in [1.29, 1.82) is 0 Å². The minimum atomic E-state index is -1.35. The smallest absolute Gasteiger partial charge is 0.186 e. The minimum Gasteiger partial charge on any atom is -0.388 e. The van der Waals surface area contributed by atoms with E-state index >= 15 is 0 Å². The molecule has 0 aromatic carbocycles. The van der Waals surface area contributed by atoms with E-state index in [1.165, 1.54) is 16.7 Å². The molecule has 3 aliphatic carbocycles. The Hall–Kier alpha value is -1.31. The van der Waals surface area contributed by atoms with Crippen molar-refractivity contribution in [2.75, 3.05) is 6.61 Å². The molecule has 0 spiro atoms. The number of rotatable bonds is 4. The first-order valence-corrected chi connectivity index (χ1v) is 11.5. The molecule has 0 aromatic rings. The van der Waals surface area contributed by atoms with Gasteiger partial charge < -0.3 is 24.8 Å². The summed E-state index contributed by atoms with van der Waals surface area (Å²) in [6, 6.07) is 0. The van der Waals surface area contributed by atoms with Crippen molar-refractivity contribution < 1.29 is 29.6 Å². The molecule has 1 saturated heterocycles. The summed E-state index contributed by atoms with van der Waals surface area (Å²) in [5.41, 5.74) is 4.57. The Balaban J connectivity index is 1.73. The molecule has 0 unspecified atom stereocenters. The lowest BCUT2D eigenvalue weighted by atomic mass is 9.57. The van der Waals surface area contributed by atoms with Crippen LogP contribution in [0.5, 0.6) is 0 Å². The Morgan fingerprint density at radius 1 is 1.13 bits per heavy atom. The van der Waals surface area contributed by atoms with Gasteiger partial charge >= 0.3 is 0 Å². The fourth-order valence-corrected chi connectivity index (χ4v) is 5.98. The van der Waals surface area contributed by atoms with Crippen molar-refractivity contribution in [3.63, 3.8) is 0 Å². The van der Waals surface area contributed by atoms with Crippen LogP contribution < -0.4 is 0 Å². The monoisotopic (exact) mass is 432 g/mol. The summed E-state index contributed by atoms with van der Waals surface area (Å²) in [6.07, 6.45) is 4.23. The van der Waals surface area contributed by atoms with Crippen LogP contribution in [0.2, 0.25) is 0 Å². The second kappa shape index (κ2) is 8.23. The maximum absolute atomic E-state index is 11.8. The predicted octanol–water partition coefficient (Wildman–Crippen LogP) is 2.82. The van der Waals surface area contributed by atoms with Crippen LogP contribution in [0, 0.1) is 16.7 Å². The van der Waals surface area contributed by atoms with Crippen molar-refractivity contribution >= 4 is 6.29 Å². The average molecular weight is 433 g/mol. The summed E-state index contributed by atoms with van der Waals surface area (Å²) in [5.74, 6) is 0.456. The molecule has 0 aromatic heterocycles. The fourth-order valence-electron chi connectivity index (χ4n) is 5.98.